The van der Waals surface area contributed by atoms with Crippen LogP contribution in [0.4, 0.5) is 0 Å². The van der Waals surface area contributed by atoms with Gasteiger partial charge in [-0.1, -0.05) is 6.07 Å². The maximum absolute atomic E-state index is 5.58. The zero-order chi connectivity index (χ0) is 9.97. The van der Waals surface area contributed by atoms with Crippen LogP contribution in [0.25, 0.3) is 0 Å². The van der Waals surface area contributed by atoms with Crippen LogP contribution in [0.3, 0.4) is 0 Å². The van der Waals surface area contributed by atoms with E-state index in [9.17, 15) is 0 Å². The number of hydrogen-bond acceptors (Lipinski definition) is 3. The SMILES string of the molecule is COc1ccc2c(c1OC)OCCC2.Cl. The lowest BCUT2D eigenvalue weighted by Crippen LogP contribution is -2.09. The summed E-state index contributed by atoms with van der Waals surface area (Å²) in [5.74, 6) is 2.29. The van der Waals surface area contributed by atoms with Gasteiger partial charge < -0.3 is 14.2 Å². The van der Waals surface area contributed by atoms with Crippen LogP contribution in [0, 0.1) is 0 Å². The van der Waals surface area contributed by atoms with Crippen LogP contribution in [0.5, 0.6) is 17.2 Å². The van der Waals surface area contributed by atoms with Gasteiger partial charge in [0.2, 0.25) is 5.75 Å². The number of hydrogen-bond donors (Lipinski definition) is 0. The van der Waals surface area contributed by atoms with Crippen LogP contribution >= 0.6 is 12.4 Å². The van der Waals surface area contributed by atoms with Crippen molar-refractivity contribution < 1.29 is 14.2 Å². The lowest BCUT2D eigenvalue weighted by atomic mass is 10.1. The van der Waals surface area contributed by atoms with Crippen molar-refractivity contribution in [2.24, 2.45) is 0 Å². The van der Waals surface area contributed by atoms with E-state index in [0.717, 1.165) is 30.9 Å². The third-order valence-corrected chi connectivity index (χ3v) is 2.42. The maximum Gasteiger partial charge on any atom is 0.203 e. The van der Waals surface area contributed by atoms with Crippen LogP contribution in [-0.4, -0.2) is 20.8 Å². The van der Waals surface area contributed by atoms with E-state index < -0.39 is 0 Å². The summed E-state index contributed by atoms with van der Waals surface area (Å²) in [6.07, 6.45) is 2.12. The Bertz CT molecular complexity index is 324. The van der Waals surface area contributed by atoms with Crippen molar-refractivity contribution in [3.8, 4) is 17.2 Å². The molecule has 0 spiro atoms. The summed E-state index contributed by atoms with van der Waals surface area (Å²) in [5, 5.41) is 0. The molecule has 0 unspecified atom stereocenters. The molecule has 0 saturated heterocycles. The molecule has 2 rings (SSSR count). The summed E-state index contributed by atoms with van der Waals surface area (Å²) in [6.45, 7) is 0.760. The molecule has 0 atom stereocenters. The zero-order valence-electron chi connectivity index (χ0n) is 8.91. The van der Waals surface area contributed by atoms with Crippen molar-refractivity contribution in [3.05, 3.63) is 17.7 Å². The molecule has 1 aromatic carbocycles. The molecule has 0 aromatic heterocycles. The molecule has 0 bridgehead atoms. The molecule has 15 heavy (non-hydrogen) atoms. The number of methoxy groups -OCH3 is 2. The predicted octanol–water partition coefficient (Wildman–Crippen LogP) is 2.45. The number of aryl methyl sites for hydroxylation is 1. The average Bonchev–Trinajstić information content (AvgIpc) is 2.27. The van der Waals surface area contributed by atoms with Gasteiger partial charge in [0.05, 0.1) is 20.8 Å². The Balaban J connectivity index is 0.00000112. The van der Waals surface area contributed by atoms with Crippen molar-refractivity contribution in [1.82, 2.24) is 0 Å². The summed E-state index contributed by atoms with van der Waals surface area (Å²) in [7, 11) is 3.27. The molecule has 0 radical (unpaired) electrons. The standard InChI is InChI=1S/C11H14O3.ClH/c1-12-9-6-5-8-4-3-7-14-10(8)11(9)13-2;/h5-6H,3-4,7H2,1-2H3;1H. The van der Waals surface area contributed by atoms with E-state index in [-0.39, 0.29) is 12.4 Å². The Morgan fingerprint density at radius 2 is 2.00 bits per heavy atom. The van der Waals surface area contributed by atoms with Gasteiger partial charge in [0.15, 0.2) is 11.5 Å². The molecule has 3 nitrogen and oxygen atoms in total. The summed E-state index contributed by atoms with van der Waals surface area (Å²) in [4.78, 5) is 0. The summed E-state index contributed by atoms with van der Waals surface area (Å²) >= 11 is 0. The number of ether oxygens (including phenoxy) is 3. The normalized spacial score (nSPS) is 13.2. The zero-order valence-corrected chi connectivity index (χ0v) is 9.73. The molecule has 1 aliphatic rings. The maximum atomic E-state index is 5.58. The topological polar surface area (TPSA) is 27.7 Å². The lowest BCUT2D eigenvalue weighted by Gasteiger charge is -2.20. The van der Waals surface area contributed by atoms with Crippen molar-refractivity contribution in [2.75, 3.05) is 20.8 Å². The van der Waals surface area contributed by atoms with Gasteiger partial charge in [-0.25, -0.2) is 0 Å². The van der Waals surface area contributed by atoms with Crippen molar-refractivity contribution >= 4 is 12.4 Å². The number of fused-ring (bicyclic) bond motifs is 1. The molecule has 0 aliphatic carbocycles. The number of benzene rings is 1. The van der Waals surface area contributed by atoms with E-state index in [1.54, 1.807) is 14.2 Å². The molecule has 1 heterocycles. The summed E-state index contributed by atoms with van der Waals surface area (Å²) < 4.78 is 16.1. The Morgan fingerprint density at radius 1 is 1.20 bits per heavy atom. The van der Waals surface area contributed by atoms with Gasteiger partial charge in [-0.3, -0.25) is 0 Å². The molecule has 0 amide bonds. The highest BCUT2D eigenvalue weighted by atomic mass is 35.5. The van der Waals surface area contributed by atoms with E-state index in [4.69, 9.17) is 14.2 Å². The molecule has 4 heteroatoms. The molecule has 84 valence electrons. The monoisotopic (exact) mass is 230 g/mol. The minimum atomic E-state index is 0. The number of halogens is 1. The van der Waals surface area contributed by atoms with E-state index in [1.807, 2.05) is 12.1 Å². The molecule has 0 N–H and O–H groups in total. The van der Waals surface area contributed by atoms with Crippen LogP contribution in [0.2, 0.25) is 0 Å². The third kappa shape index (κ3) is 2.12. The first-order chi connectivity index (χ1) is 6.86. The van der Waals surface area contributed by atoms with Crippen molar-refractivity contribution in [3.63, 3.8) is 0 Å². The highest BCUT2D eigenvalue weighted by Gasteiger charge is 2.18. The summed E-state index contributed by atoms with van der Waals surface area (Å²) in [6, 6.07) is 3.96. The Labute approximate surface area is 95.7 Å². The molecule has 1 aromatic rings. The van der Waals surface area contributed by atoms with E-state index >= 15 is 0 Å². The fraction of sp³-hybridized carbons (Fsp3) is 0.455. The highest BCUT2D eigenvalue weighted by molar-refractivity contribution is 5.85. The Kier molecular flexibility index (Phi) is 4.09. The highest BCUT2D eigenvalue weighted by Crippen LogP contribution is 2.41. The van der Waals surface area contributed by atoms with Crippen LogP contribution in [0.15, 0.2) is 12.1 Å². The smallest absolute Gasteiger partial charge is 0.203 e. The third-order valence-electron chi connectivity index (χ3n) is 2.42. The van der Waals surface area contributed by atoms with E-state index in [2.05, 4.69) is 0 Å². The van der Waals surface area contributed by atoms with Crippen LogP contribution in [-0.2, 0) is 6.42 Å². The van der Waals surface area contributed by atoms with E-state index in [1.165, 1.54) is 5.56 Å². The van der Waals surface area contributed by atoms with Gasteiger partial charge in [0, 0.05) is 0 Å². The second-order valence-electron chi connectivity index (χ2n) is 3.24. The minimum absolute atomic E-state index is 0. The largest absolute Gasteiger partial charge is 0.493 e. The fourth-order valence-corrected chi connectivity index (χ4v) is 1.73. The molecule has 0 saturated carbocycles. The lowest BCUT2D eigenvalue weighted by molar-refractivity contribution is 0.261. The fourth-order valence-electron chi connectivity index (χ4n) is 1.73. The van der Waals surface area contributed by atoms with E-state index in [0.29, 0.717) is 5.75 Å². The van der Waals surface area contributed by atoms with Gasteiger partial charge >= 0.3 is 0 Å². The first-order valence-electron chi connectivity index (χ1n) is 4.73. The van der Waals surface area contributed by atoms with Crippen molar-refractivity contribution in [1.29, 1.82) is 0 Å². The van der Waals surface area contributed by atoms with Gasteiger partial charge in [-0.2, -0.15) is 0 Å². The first-order valence-corrected chi connectivity index (χ1v) is 4.73. The average molecular weight is 231 g/mol. The van der Waals surface area contributed by atoms with Gasteiger partial charge in [0.1, 0.15) is 0 Å². The second kappa shape index (κ2) is 5.12. The minimum Gasteiger partial charge on any atom is -0.493 e. The molecular formula is C11H15ClO3. The quantitative estimate of drug-likeness (QED) is 0.781. The summed E-state index contributed by atoms with van der Waals surface area (Å²) in [5.41, 5.74) is 1.20. The second-order valence-corrected chi connectivity index (χ2v) is 3.24. The van der Waals surface area contributed by atoms with Crippen molar-refractivity contribution in [2.45, 2.75) is 12.8 Å². The van der Waals surface area contributed by atoms with Crippen LogP contribution < -0.4 is 14.2 Å². The predicted molar refractivity (Wildman–Crippen MR) is 60.6 cm³/mol. The number of rotatable bonds is 2. The Morgan fingerprint density at radius 3 is 2.67 bits per heavy atom. The molecule has 1 aliphatic heterocycles. The van der Waals surface area contributed by atoms with Crippen LogP contribution in [0.1, 0.15) is 12.0 Å². The van der Waals surface area contributed by atoms with Gasteiger partial charge in [-0.15, -0.1) is 12.4 Å². The van der Waals surface area contributed by atoms with Gasteiger partial charge in [-0.05, 0) is 24.5 Å². The Hall–Kier alpha value is -1.09. The molecule has 0 fully saturated rings. The first kappa shape index (κ1) is 12.0. The molecular weight excluding hydrogens is 216 g/mol. The van der Waals surface area contributed by atoms with Gasteiger partial charge in [0.25, 0.3) is 0 Å².